The van der Waals surface area contributed by atoms with E-state index in [0.717, 1.165) is 6.54 Å². The first-order chi connectivity index (χ1) is 8.27. The smallest absolute Gasteiger partial charge is 0.128 e. The monoisotopic (exact) mass is 224 g/mol. The van der Waals surface area contributed by atoms with Gasteiger partial charge in [-0.1, -0.05) is 18.2 Å². The highest BCUT2D eigenvalue weighted by molar-refractivity contribution is 5.43. The number of nitrogens with two attached hydrogens (primary N) is 1. The van der Waals surface area contributed by atoms with Gasteiger partial charge in [0.05, 0.1) is 5.57 Å². The molecule has 0 saturated heterocycles. The number of nitriles is 2. The third-order valence-electron chi connectivity index (χ3n) is 2.02. The van der Waals surface area contributed by atoms with Gasteiger partial charge >= 0.3 is 0 Å². The van der Waals surface area contributed by atoms with Crippen LogP contribution in [0.2, 0.25) is 0 Å². The number of nitrogens with zero attached hydrogens (tertiary/aromatic N) is 3. The SMILES string of the molecule is N#CC(N)=C(C#N)C=CC=CN1C=CC=CC1. The van der Waals surface area contributed by atoms with E-state index in [4.69, 9.17) is 16.3 Å². The van der Waals surface area contributed by atoms with Crippen molar-refractivity contribution in [2.24, 2.45) is 5.73 Å². The molecule has 17 heavy (non-hydrogen) atoms. The predicted octanol–water partition coefficient (Wildman–Crippen LogP) is 1.70. The largest absolute Gasteiger partial charge is 0.389 e. The maximum absolute atomic E-state index is 8.73. The molecule has 0 aromatic rings. The Balaban J connectivity index is 2.59. The summed E-state index contributed by atoms with van der Waals surface area (Å²) in [7, 11) is 0. The van der Waals surface area contributed by atoms with E-state index in [1.165, 1.54) is 6.08 Å². The van der Waals surface area contributed by atoms with Gasteiger partial charge in [0, 0.05) is 18.9 Å². The number of hydrogen-bond acceptors (Lipinski definition) is 4. The summed E-state index contributed by atoms with van der Waals surface area (Å²) < 4.78 is 0. The zero-order valence-corrected chi connectivity index (χ0v) is 9.24. The first kappa shape index (κ1) is 12.4. The lowest BCUT2D eigenvalue weighted by atomic mass is 10.2. The van der Waals surface area contributed by atoms with Crippen LogP contribution in [0.25, 0.3) is 0 Å². The molecular formula is C13H12N4. The topological polar surface area (TPSA) is 76.8 Å². The van der Waals surface area contributed by atoms with Crippen molar-refractivity contribution in [3.8, 4) is 12.1 Å². The fourth-order valence-corrected chi connectivity index (χ4v) is 1.15. The van der Waals surface area contributed by atoms with Crippen LogP contribution in [-0.4, -0.2) is 11.4 Å². The molecule has 84 valence electrons. The summed E-state index contributed by atoms with van der Waals surface area (Å²) in [5, 5.41) is 17.3. The first-order valence-corrected chi connectivity index (χ1v) is 5.02. The quantitative estimate of drug-likeness (QED) is 0.584. The van der Waals surface area contributed by atoms with E-state index in [1.807, 2.05) is 41.6 Å². The van der Waals surface area contributed by atoms with Gasteiger partial charge in [-0.25, -0.2) is 0 Å². The average molecular weight is 224 g/mol. The average Bonchev–Trinajstić information content (AvgIpc) is 2.39. The predicted molar refractivity (Wildman–Crippen MR) is 65.7 cm³/mol. The van der Waals surface area contributed by atoms with Crippen LogP contribution in [0.5, 0.6) is 0 Å². The molecule has 0 fully saturated rings. The normalized spacial score (nSPS) is 16.0. The van der Waals surface area contributed by atoms with Crippen molar-refractivity contribution < 1.29 is 0 Å². The second kappa shape index (κ2) is 6.71. The zero-order chi connectivity index (χ0) is 12.5. The number of allylic oxidation sites excluding steroid dienone is 7. The van der Waals surface area contributed by atoms with Crippen LogP contribution >= 0.6 is 0 Å². The van der Waals surface area contributed by atoms with Gasteiger partial charge in [0.1, 0.15) is 17.8 Å². The van der Waals surface area contributed by atoms with Crippen LogP contribution in [0.3, 0.4) is 0 Å². The minimum atomic E-state index is -0.0713. The second-order valence-electron chi connectivity index (χ2n) is 3.22. The Morgan fingerprint density at radius 2 is 2.06 bits per heavy atom. The van der Waals surface area contributed by atoms with E-state index in [2.05, 4.69) is 0 Å². The summed E-state index contributed by atoms with van der Waals surface area (Å²) in [6, 6.07) is 3.60. The Bertz CT molecular complexity index is 492. The number of hydrogen-bond donors (Lipinski definition) is 1. The summed E-state index contributed by atoms with van der Waals surface area (Å²) in [6.45, 7) is 0.822. The van der Waals surface area contributed by atoms with Crippen LogP contribution < -0.4 is 5.73 Å². The Kier molecular flexibility index (Phi) is 4.87. The van der Waals surface area contributed by atoms with Crippen LogP contribution in [0, 0.1) is 22.7 Å². The van der Waals surface area contributed by atoms with Crippen molar-refractivity contribution in [2.75, 3.05) is 6.54 Å². The second-order valence-corrected chi connectivity index (χ2v) is 3.22. The van der Waals surface area contributed by atoms with E-state index in [1.54, 1.807) is 18.2 Å². The van der Waals surface area contributed by atoms with Gasteiger partial charge in [0.25, 0.3) is 0 Å². The van der Waals surface area contributed by atoms with Crippen molar-refractivity contribution in [3.63, 3.8) is 0 Å². The lowest BCUT2D eigenvalue weighted by molar-refractivity contribution is 0.560. The molecule has 0 spiro atoms. The highest BCUT2D eigenvalue weighted by atomic mass is 15.1. The summed E-state index contributed by atoms with van der Waals surface area (Å²) in [5.74, 6) is 0. The van der Waals surface area contributed by atoms with Gasteiger partial charge < -0.3 is 10.6 Å². The van der Waals surface area contributed by atoms with E-state index < -0.39 is 0 Å². The van der Waals surface area contributed by atoms with Crippen molar-refractivity contribution >= 4 is 0 Å². The standard InChI is InChI=1S/C13H12N4/c14-10-12(13(16)11-15)6-2-5-9-17-7-3-1-4-8-17/h1-7,9H,8,16H2. The minimum Gasteiger partial charge on any atom is -0.389 e. The molecule has 4 nitrogen and oxygen atoms in total. The van der Waals surface area contributed by atoms with Crippen molar-refractivity contribution in [1.29, 1.82) is 10.5 Å². The fourth-order valence-electron chi connectivity index (χ4n) is 1.15. The van der Waals surface area contributed by atoms with E-state index in [0.29, 0.717) is 0 Å². The van der Waals surface area contributed by atoms with Crippen molar-refractivity contribution in [3.05, 3.63) is 60.1 Å². The lowest BCUT2D eigenvalue weighted by Gasteiger charge is -2.14. The molecule has 1 rings (SSSR count). The molecule has 0 aromatic carbocycles. The van der Waals surface area contributed by atoms with E-state index in [9.17, 15) is 0 Å². The van der Waals surface area contributed by atoms with Gasteiger partial charge in [-0.15, -0.1) is 0 Å². The third kappa shape index (κ3) is 4.11. The molecule has 1 aliphatic heterocycles. The Hall–Kier alpha value is -2.72. The zero-order valence-electron chi connectivity index (χ0n) is 9.24. The molecule has 0 atom stereocenters. The number of rotatable bonds is 3. The third-order valence-corrected chi connectivity index (χ3v) is 2.02. The molecule has 0 bridgehead atoms. The molecule has 0 aliphatic carbocycles. The van der Waals surface area contributed by atoms with Gasteiger partial charge in [-0.3, -0.25) is 0 Å². The van der Waals surface area contributed by atoms with Crippen molar-refractivity contribution in [2.45, 2.75) is 0 Å². The van der Waals surface area contributed by atoms with E-state index in [-0.39, 0.29) is 11.3 Å². The molecular weight excluding hydrogens is 212 g/mol. The molecule has 0 unspecified atom stereocenters. The Morgan fingerprint density at radius 3 is 2.65 bits per heavy atom. The van der Waals surface area contributed by atoms with Crippen LogP contribution in [0.15, 0.2) is 60.1 Å². The van der Waals surface area contributed by atoms with Crippen LogP contribution in [0.1, 0.15) is 0 Å². The highest BCUT2D eigenvalue weighted by Crippen LogP contribution is 2.01. The lowest BCUT2D eigenvalue weighted by Crippen LogP contribution is -2.10. The van der Waals surface area contributed by atoms with Crippen molar-refractivity contribution in [1.82, 2.24) is 4.90 Å². The molecule has 0 saturated carbocycles. The van der Waals surface area contributed by atoms with Gasteiger partial charge in [0.2, 0.25) is 0 Å². The molecule has 1 heterocycles. The molecule has 2 N–H and O–H groups in total. The summed E-state index contributed by atoms with van der Waals surface area (Å²) >= 11 is 0. The maximum Gasteiger partial charge on any atom is 0.128 e. The molecule has 0 aromatic heterocycles. The molecule has 1 aliphatic rings. The maximum atomic E-state index is 8.73. The Morgan fingerprint density at radius 1 is 1.24 bits per heavy atom. The minimum absolute atomic E-state index is 0.0713. The highest BCUT2D eigenvalue weighted by Gasteiger charge is 1.95. The first-order valence-electron chi connectivity index (χ1n) is 5.02. The molecule has 4 heteroatoms. The van der Waals surface area contributed by atoms with Crippen LogP contribution in [0.4, 0.5) is 0 Å². The van der Waals surface area contributed by atoms with Gasteiger partial charge in [0.15, 0.2) is 0 Å². The molecule has 0 amide bonds. The Labute approximate surface area is 101 Å². The van der Waals surface area contributed by atoms with Gasteiger partial charge in [-0.2, -0.15) is 10.5 Å². The van der Waals surface area contributed by atoms with Gasteiger partial charge in [-0.05, 0) is 18.2 Å². The van der Waals surface area contributed by atoms with E-state index >= 15 is 0 Å². The summed E-state index contributed by atoms with van der Waals surface area (Å²) in [5.41, 5.74) is 5.44. The fraction of sp³-hybridized carbons (Fsp3) is 0.0769. The summed E-state index contributed by atoms with van der Waals surface area (Å²) in [4.78, 5) is 1.98. The van der Waals surface area contributed by atoms with Crippen LogP contribution in [-0.2, 0) is 0 Å². The molecule has 0 radical (unpaired) electrons. The summed E-state index contributed by atoms with van der Waals surface area (Å²) in [6.07, 6.45) is 14.7.